The molecule has 4 aromatic rings. The SMILES string of the molecule is O=C(O)Nc1cc(-c2cn3nc(-c4cccnc4C(F)(F)F)ccc3n2)c(F)cc1Cl. The summed E-state index contributed by atoms with van der Waals surface area (Å²) >= 11 is 5.85. The summed E-state index contributed by atoms with van der Waals surface area (Å²) < 4.78 is 55.4. The number of pyridine rings is 1. The van der Waals surface area contributed by atoms with Crippen molar-refractivity contribution in [2.45, 2.75) is 6.18 Å². The van der Waals surface area contributed by atoms with Crippen LogP contribution in [0.5, 0.6) is 0 Å². The number of fused-ring (bicyclic) bond motifs is 1. The minimum Gasteiger partial charge on any atom is -0.465 e. The number of amides is 1. The van der Waals surface area contributed by atoms with E-state index in [0.29, 0.717) is 0 Å². The molecule has 3 aromatic heterocycles. The Morgan fingerprint density at radius 1 is 1.13 bits per heavy atom. The molecule has 31 heavy (non-hydrogen) atoms. The lowest BCUT2D eigenvalue weighted by Crippen LogP contribution is -2.10. The first-order valence-electron chi connectivity index (χ1n) is 8.52. The molecule has 1 aromatic carbocycles. The number of rotatable bonds is 3. The molecule has 0 aliphatic rings. The van der Waals surface area contributed by atoms with Crippen LogP contribution in [0.15, 0.2) is 48.8 Å². The molecule has 4 rings (SSSR count). The Balaban J connectivity index is 1.81. The number of benzene rings is 1. The third-order valence-corrected chi connectivity index (χ3v) is 4.56. The normalized spacial score (nSPS) is 11.6. The molecule has 0 radical (unpaired) electrons. The summed E-state index contributed by atoms with van der Waals surface area (Å²) in [6, 6.07) is 7.45. The zero-order chi connectivity index (χ0) is 22.3. The highest BCUT2D eigenvalue weighted by Crippen LogP contribution is 2.35. The van der Waals surface area contributed by atoms with Crippen molar-refractivity contribution < 1.29 is 27.5 Å². The van der Waals surface area contributed by atoms with Crippen molar-refractivity contribution in [3.63, 3.8) is 0 Å². The van der Waals surface area contributed by atoms with E-state index in [1.54, 1.807) is 0 Å². The number of nitrogens with zero attached hydrogens (tertiary/aromatic N) is 4. The van der Waals surface area contributed by atoms with Crippen LogP contribution in [0.25, 0.3) is 28.2 Å². The van der Waals surface area contributed by atoms with Gasteiger partial charge in [-0.2, -0.15) is 18.3 Å². The van der Waals surface area contributed by atoms with E-state index in [-0.39, 0.29) is 38.9 Å². The van der Waals surface area contributed by atoms with Gasteiger partial charge in [0.1, 0.15) is 5.82 Å². The molecule has 0 bridgehead atoms. The van der Waals surface area contributed by atoms with Gasteiger partial charge in [0.25, 0.3) is 0 Å². The molecule has 0 saturated heterocycles. The molecule has 158 valence electrons. The van der Waals surface area contributed by atoms with Crippen LogP contribution >= 0.6 is 11.6 Å². The maximum atomic E-state index is 14.4. The van der Waals surface area contributed by atoms with E-state index in [1.165, 1.54) is 35.0 Å². The van der Waals surface area contributed by atoms with E-state index in [4.69, 9.17) is 16.7 Å². The largest absolute Gasteiger partial charge is 0.465 e. The first-order valence-corrected chi connectivity index (χ1v) is 8.89. The first-order chi connectivity index (χ1) is 14.6. The summed E-state index contributed by atoms with van der Waals surface area (Å²) in [6.07, 6.45) is -3.73. The molecule has 3 heterocycles. The Labute approximate surface area is 175 Å². The molecule has 7 nitrogen and oxygen atoms in total. The van der Waals surface area contributed by atoms with Crippen molar-refractivity contribution in [1.29, 1.82) is 0 Å². The Morgan fingerprint density at radius 3 is 2.61 bits per heavy atom. The monoisotopic (exact) mass is 451 g/mol. The molecule has 0 aliphatic heterocycles. The maximum absolute atomic E-state index is 14.4. The first kappa shape index (κ1) is 20.5. The lowest BCUT2D eigenvalue weighted by Gasteiger charge is -2.10. The third kappa shape index (κ3) is 3.99. The molecule has 0 fully saturated rings. The minimum atomic E-state index is -4.67. The Morgan fingerprint density at radius 2 is 1.90 bits per heavy atom. The van der Waals surface area contributed by atoms with Crippen molar-refractivity contribution in [1.82, 2.24) is 19.6 Å². The fourth-order valence-electron chi connectivity index (χ4n) is 2.95. The van der Waals surface area contributed by atoms with Gasteiger partial charge in [0, 0.05) is 17.3 Å². The molecule has 0 unspecified atom stereocenters. The summed E-state index contributed by atoms with van der Waals surface area (Å²) in [5.41, 5.74) is -1.14. The quantitative estimate of drug-likeness (QED) is 0.409. The molecule has 12 heteroatoms. The van der Waals surface area contributed by atoms with Gasteiger partial charge in [-0.15, -0.1) is 0 Å². The summed E-state index contributed by atoms with van der Waals surface area (Å²) in [7, 11) is 0. The summed E-state index contributed by atoms with van der Waals surface area (Å²) in [4.78, 5) is 18.5. The zero-order valence-electron chi connectivity index (χ0n) is 15.2. The van der Waals surface area contributed by atoms with Crippen LogP contribution < -0.4 is 5.32 Å². The van der Waals surface area contributed by atoms with Crippen LogP contribution in [-0.4, -0.2) is 30.8 Å². The second-order valence-corrected chi connectivity index (χ2v) is 6.69. The van der Waals surface area contributed by atoms with Crippen LogP contribution in [0.1, 0.15) is 5.69 Å². The van der Waals surface area contributed by atoms with E-state index in [0.717, 1.165) is 18.3 Å². The van der Waals surface area contributed by atoms with E-state index in [9.17, 15) is 22.4 Å². The molecule has 1 amide bonds. The lowest BCUT2D eigenvalue weighted by molar-refractivity contribution is -0.140. The second kappa shape index (κ2) is 7.51. The Bertz CT molecular complexity index is 1320. The smallest absolute Gasteiger partial charge is 0.434 e. The van der Waals surface area contributed by atoms with Crippen LogP contribution in [0.2, 0.25) is 5.02 Å². The van der Waals surface area contributed by atoms with Crippen molar-refractivity contribution >= 4 is 29.0 Å². The third-order valence-electron chi connectivity index (χ3n) is 4.25. The number of nitrogens with one attached hydrogen (secondary N) is 1. The predicted molar refractivity (Wildman–Crippen MR) is 103 cm³/mol. The van der Waals surface area contributed by atoms with Crippen molar-refractivity contribution in [2.75, 3.05) is 5.32 Å². The van der Waals surface area contributed by atoms with Gasteiger partial charge in [-0.3, -0.25) is 10.3 Å². The van der Waals surface area contributed by atoms with Crippen LogP contribution in [-0.2, 0) is 6.18 Å². The van der Waals surface area contributed by atoms with Crippen LogP contribution in [0.4, 0.5) is 28.0 Å². The standard InChI is InChI=1S/C19H10ClF4N5O2/c20-11-7-12(21)10(6-14(11)27-18(30)31)15-8-29-16(26-15)4-3-13(28-29)9-2-1-5-25-17(9)19(22,23)24/h1-8,27H,(H,30,31). The average molecular weight is 452 g/mol. The number of imidazole rings is 1. The van der Waals surface area contributed by atoms with E-state index < -0.39 is 23.8 Å². The van der Waals surface area contributed by atoms with Crippen LogP contribution in [0, 0.1) is 5.82 Å². The van der Waals surface area contributed by atoms with Crippen molar-refractivity contribution in [3.05, 3.63) is 65.3 Å². The van der Waals surface area contributed by atoms with Gasteiger partial charge in [0.15, 0.2) is 11.3 Å². The number of aromatic nitrogens is 4. The predicted octanol–water partition coefficient (Wildman–Crippen LogP) is 5.36. The molecule has 0 aliphatic carbocycles. The Hall–Kier alpha value is -3.73. The molecule has 2 N–H and O–H groups in total. The number of hydrogen-bond donors (Lipinski definition) is 2. The van der Waals surface area contributed by atoms with Crippen LogP contribution in [0.3, 0.4) is 0 Å². The van der Waals surface area contributed by atoms with Crippen molar-refractivity contribution in [3.8, 4) is 22.5 Å². The van der Waals surface area contributed by atoms with E-state index >= 15 is 0 Å². The zero-order valence-corrected chi connectivity index (χ0v) is 15.9. The number of carbonyl (C=O) groups is 1. The number of halogens is 5. The van der Waals surface area contributed by atoms with Gasteiger partial charge in [-0.05, 0) is 36.4 Å². The number of carboxylic acid groups (broad SMARTS) is 1. The molecule has 0 atom stereocenters. The molecular weight excluding hydrogens is 442 g/mol. The highest BCUT2D eigenvalue weighted by molar-refractivity contribution is 6.33. The van der Waals surface area contributed by atoms with Gasteiger partial charge in [-0.1, -0.05) is 11.6 Å². The van der Waals surface area contributed by atoms with Gasteiger partial charge in [-0.25, -0.2) is 18.7 Å². The number of hydrogen-bond acceptors (Lipinski definition) is 4. The number of alkyl halides is 3. The second-order valence-electron chi connectivity index (χ2n) is 6.29. The molecular formula is C19H10ClF4N5O2. The average Bonchev–Trinajstić information content (AvgIpc) is 3.12. The summed E-state index contributed by atoms with van der Waals surface area (Å²) in [5, 5.41) is 14.9. The van der Waals surface area contributed by atoms with E-state index in [1.807, 2.05) is 5.32 Å². The van der Waals surface area contributed by atoms with Crippen molar-refractivity contribution in [2.24, 2.45) is 0 Å². The van der Waals surface area contributed by atoms with Gasteiger partial charge >= 0.3 is 12.3 Å². The number of anilines is 1. The van der Waals surface area contributed by atoms with Gasteiger partial charge in [0.05, 0.1) is 28.3 Å². The summed E-state index contributed by atoms with van der Waals surface area (Å²) in [6.45, 7) is 0. The molecule has 0 spiro atoms. The summed E-state index contributed by atoms with van der Waals surface area (Å²) in [5.74, 6) is -0.767. The van der Waals surface area contributed by atoms with Gasteiger partial charge < -0.3 is 5.11 Å². The fraction of sp³-hybridized carbons (Fsp3) is 0.0526. The topological polar surface area (TPSA) is 92.4 Å². The molecule has 0 saturated carbocycles. The van der Waals surface area contributed by atoms with Gasteiger partial charge in [0.2, 0.25) is 0 Å². The highest BCUT2D eigenvalue weighted by atomic mass is 35.5. The lowest BCUT2D eigenvalue weighted by atomic mass is 10.1. The Kier molecular flexibility index (Phi) is 4.97. The fourth-order valence-corrected chi connectivity index (χ4v) is 3.15. The van der Waals surface area contributed by atoms with E-state index in [2.05, 4.69) is 15.1 Å². The minimum absolute atomic E-state index is 0.0123. The highest BCUT2D eigenvalue weighted by Gasteiger charge is 2.35. The maximum Gasteiger partial charge on any atom is 0.434 e.